The van der Waals surface area contributed by atoms with Crippen molar-refractivity contribution in [3.63, 3.8) is 0 Å². The molecule has 1 atom stereocenters. The molecule has 0 radical (unpaired) electrons. The molecule has 0 aliphatic heterocycles. The number of hydrogen-bond acceptors (Lipinski definition) is 4. The van der Waals surface area contributed by atoms with Gasteiger partial charge in [-0.1, -0.05) is 30.3 Å². The predicted molar refractivity (Wildman–Crippen MR) is 112 cm³/mol. The summed E-state index contributed by atoms with van der Waals surface area (Å²) in [6.45, 7) is 7.66. The van der Waals surface area contributed by atoms with E-state index >= 15 is 0 Å². The molecule has 0 N–H and O–H groups in total. The largest absolute Gasteiger partial charge is 0.465 e. The Kier molecular flexibility index (Phi) is 5.71. The van der Waals surface area contributed by atoms with Crippen LogP contribution >= 0.6 is 7.60 Å². The summed E-state index contributed by atoms with van der Waals surface area (Å²) < 4.78 is 25.2. The number of carbonyl (C=O) groups excluding carboxylic acids is 1. The second-order valence-corrected chi connectivity index (χ2v) is 8.88. The number of rotatable bonds is 5. The van der Waals surface area contributed by atoms with E-state index in [1.807, 2.05) is 39.8 Å². The smallest absolute Gasteiger partial charge is 0.413 e. The fourth-order valence-corrected chi connectivity index (χ4v) is 4.77. The highest BCUT2D eigenvalue weighted by atomic mass is 31.2. The number of carbonyl (C=O) groups is 1. The van der Waals surface area contributed by atoms with Gasteiger partial charge in [-0.3, -0.25) is 0 Å². The molecule has 0 aromatic heterocycles. The molecule has 0 heterocycles. The van der Waals surface area contributed by atoms with Gasteiger partial charge in [0, 0.05) is 0 Å². The first-order chi connectivity index (χ1) is 13.2. The molecule has 28 heavy (non-hydrogen) atoms. The number of aryl methyl sites for hydroxylation is 4. The molecule has 144 valence electrons. The Morgan fingerprint density at radius 3 is 1.79 bits per heavy atom. The molecule has 0 aliphatic carbocycles. The third kappa shape index (κ3) is 4.71. The summed E-state index contributed by atoms with van der Waals surface area (Å²) in [5, 5.41) is 0.355. The number of hydrogen-bond donors (Lipinski definition) is 0. The Morgan fingerprint density at radius 1 is 0.750 bits per heavy atom. The van der Waals surface area contributed by atoms with Gasteiger partial charge in [-0.2, -0.15) is 0 Å². The van der Waals surface area contributed by atoms with Crippen molar-refractivity contribution >= 4 is 18.9 Å². The molecule has 0 saturated carbocycles. The molecule has 3 rings (SSSR count). The molecule has 0 spiro atoms. The van der Waals surface area contributed by atoms with Gasteiger partial charge in [0.2, 0.25) is 0 Å². The summed E-state index contributed by atoms with van der Waals surface area (Å²) >= 11 is 0. The standard InChI is InChI=1S/C23H23O4P/c1-16-10-17(2)13-21(12-16)26-28(25,22-14-18(3)11-19(4)15-22)27-23(24)20-8-6-5-7-9-20/h5-15H,1-4H3. The van der Waals surface area contributed by atoms with Crippen molar-refractivity contribution < 1.29 is 18.4 Å². The Labute approximate surface area is 165 Å². The van der Waals surface area contributed by atoms with Gasteiger partial charge in [-0.05, 0) is 86.3 Å². The van der Waals surface area contributed by atoms with Crippen molar-refractivity contribution in [3.8, 4) is 5.75 Å². The summed E-state index contributed by atoms with van der Waals surface area (Å²) in [7, 11) is -3.96. The van der Waals surface area contributed by atoms with Crippen LogP contribution in [0.1, 0.15) is 32.6 Å². The van der Waals surface area contributed by atoms with Crippen molar-refractivity contribution in [3.05, 3.63) is 94.5 Å². The highest BCUT2D eigenvalue weighted by molar-refractivity contribution is 7.63. The van der Waals surface area contributed by atoms with Crippen molar-refractivity contribution in [2.45, 2.75) is 27.7 Å². The molecular formula is C23H23O4P. The van der Waals surface area contributed by atoms with Gasteiger partial charge < -0.3 is 9.05 Å². The quantitative estimate of drug-likeness (QED) is 0.523. The maximum atomic E-state index is 13.8. The minimum Gasteiger partial charge on any atom is -0.413 e. The highest BCUT2D eigenvalue weighted by Crippen LogP contribution is 2.48. The van der Waals surface area contributed by atoms with E-state index < -0.39 is 13.6 Å². The summed E-state index contributed by atoms with van der Waals surface area (Å²) in [5.41, 5.74) is 4.08. The van der Waals surface area contributed by atoms with Gasteiger partial charge in [0.05, 0.1) is 10.9 Å². The van der Waals surface area contributed by atoms with E-state index in [1.165, 1.54) is 0 Å². The van der Waals surface area contributed by atoms with Crippen LogP contribution in [0.3, 0.4) is 0 Å². The molecule has 3 aromatic carbocycles. The van der Waals surface area contributed by atoms with E-state index in [1.54, 1.807) is 54.6 Å². The molecule has 0 amide bonds. The van der Waals surface area contributed by atoms with Gasteiger partial charge in [-0.25, -0.2) is 9.36 Å². The SMILES string of the molecule is Cc1cc(C)cc(OP(=O)(OC(=O)c2ccccc2)c2cc(C)cc(C)c2)c1. The van der Waals surface area contributed by atoms with Crippen molar-refractivity contribution in [2.75, 3.05) is 0 Å². The molecule has 0 bridgehead atoms. The van der Waals surface area contributed by atoms with Gasteiger partial charge >= 0.3 is 13.6 Å². The Balaban J connectivity index is 2.04. The second-order valence-electron chi connectivity index (χ2n) is 7.00. The van der Waals surface area contributed by atoms with E-state index in [2.05, 4.69) is 0 Å². The first-order valence-electron chi connectivity index (χ1n) is 9.01. The third-order valence-electron chi connectivity index (χ3n) is 4.16. The lowest BCUT2D eigenvalue weighted by Crippen LogP contribution is -2.17. The molecule has 0 saturated heterocycles. The zero-order chi connectivity index (χ0) is 20.3. The summed E-state index contributed by atoms with van der Waals surface area (Å²) in [6, 6.07) is 19.4. The van der Waals surface area contributed by atoms with Crippen molar-refractivity contribution in [1.82, 2.24) is 0 Å². The fourth-order valence-electron chi connectivity index (χ4n) is 3.09. The predicted octanol–water partition coefficient (Wildman–Crippen LogP) is 5.67. The van der Waals surface area contributed by atoms with Gasteiger partial charge in [0.25, 0.3) is 0 Å². The van der Waals surface area contributed by atoms with Crippen LogP contribution in [0.15, 0.2) is 66.7 Å². The topological polar surface area (TPSA) is 52.6 Å². The maximum Gasteiger partial charge on any atom is 0.465 e. The first kappa shape index (κ1) is 19.9. The molecular weight excluding hydrogens is 371 g/mol. The minimum absolute atomic E-state index is 0.316. The molecule has 5 heteroatoms. The van der Waals surface area contributed by atoms with Crippen LogP contribution in [0.2, 0.25) is 0 Å². The van der Waals surface area contributed by atoms with Gasteiger partial charge in [0.15, 0.2) is 0 Å². The lowest BCUT2D eigenvalue weighted by atomic mass is 10.1. The van der Waals surface area contributed by atoms with Gasteiger partial charge in [0.1, 0.15) is 5.75 Å². The lowest BCUT2D eigenvalue weighted by molar-refractivity contribution is 0.0725. The molecule has 0 fully saturated rings. The highest BCUT2D eigenvalue weighted by Gasteiger charge is 2.34. The summed E-state index contributed by atoms with van der Waals surface area (Å²) in [4.78, 5) is 12.7. The third-order valence-corrected chi connectivity index (χ3v) is 5.90. The molecule has 3 aromatic rings. The summed E-state index contributed by atoms with van der Waals surface area (Å²) in [6.07, 6.45) is 0. The maximum absolute atomic E-state index is 13.8. The normalized spacial score (nSPS) is 12.9. The lowest BCUT2D eigenvalue weighted by Gasteiger charge is -2.20. The first-order valence-corrected chi connectivity index (χ1v) is 10.6. The van der Waals surface area contributed by atoms with E-state index in [0.29, 0.717) is 16.6 Å². The van der Waals surface area contributed by atoms with Crippen LogP contribution in [0.4, 0.5) is 0 Å². The van der Waals surface area contributed by atoms with E-state index in [-0.39, 0.29) is 0 Å². The van der Waals surface area contributed by atoms with Crippen LogP contribution in [0.25, 0.3) is 0 Å². The van der Waals surface area contributed by atoms with Crippen molar-refractivity contribution in [1.29, 1.82) is 0 Å². The van der Waals surface area contributed by atoms with Crippen molar-refractivity contribution in [2.24, 2.45) is 0 Å². The monoisotopic (exact) mass is 394 g/mol. The molecule has 1 unspecified atom stereocenters. The van der Waals surface area contributed by atoms with Crippen LogP contribution in [-0.4, -0.2) is 5.97 Å². The van der Waals surface area contributed by atoms with Crippen LogP contribution in [0.5, 0.6) is 5.75 Å². The average Bonchev–Trinajstić information content (AvgIpc) is 2.60. The fraction of sp³-hybridized carbons (Fsp3) is 0.174. The van der Waals surface area contributed by atoms with Crippen LogP contribution < -0.4 is 9.83 Å². The Bertz CT molecular complexity index is 1020. The summed E-state index contributed by atoms with van der Waals surface area (Å²) in [5.74, 6) is -0.284. The molecule has 0 aliphatic rings. The Morgan fingerprint density at radius 2 is 1.25 bits per heavy atom. The van der Waals surface area contributed by atoms with E-state index in [9.17, 15) is 9.36 Å². The zero-order valence-corrected chi connectivity index (χ0v) is 17.3. The van der Waals surface area contributed by atoms with E-state index in [0.717, 1.165) is 22.3 Å². The van der Waals surface area contributed by atoms with E-state index in [4.69, 9.17) is 9.05 Å². The van der Waals surface area contributed by atoms with Gasteiger partial charge in [-0.15, -0.1) is 0 Å². The van der Waals surface area contributed by atoms with Crippen LogP contribution in [0, 0.1) is 27.7 Å². The Hall–Kier alpha value is -2.84. The zero-order valence-electron chi connectivity index (χ0n) is 16.4. The minimum atomic E-state index is -3.96. The van der Waals surface area contributed by atoms with Crippen LogP contribution in [-0.2, 0) is 9.09 Å². The average molecular weight is 394 g/mol. The number of benzene rings is 3. The molecule has 4 nitrogen and oxygen atoms in total. The second kappa shape index (κ2) is 8.04.